The van der Waals surface area contributed by atoms with Crippen LogP contribution >= 0.6 is 0 Å². The summed E-state index contributed by atoms with van der Waals surface area (Å²) in [6, 6.07) is 20.9. The zero-order chi connectivity index (χ0) is 22.7. The molecule has 0 aromatic heterocycles. The molecule has 160 valence electrons. The van der Waals surface area contributed by atoms with Crippen molar-refractivity contribution in [2.75, 3.05) is 12.4 Å². The van der Waals surface area contributed by atoms with Gasteiger partial charge in [-0.25, -0.2) is 4.79 Å². The molecular weight excluding hydrogens is 408 g/mol. The van der Waals surface area contributed by atoms with E-state index in [1.54, 1.807) is 42.5 Å². The van der Waals surface area contributed by atoms with E-state index in [1.807, 2.05) is 30.3 Å². The Morgan fingerprint density at radius 2 is 1.41 bits per heavy atom. The van der Waals surface area contributed by atoms with E-state index < -0.39 is 29.7 Å². The normalized spacial score (nSPS) is 13.5. The average molecular weight is 428 g/mol. The van der Waals surface area contributed by atoms with Gasteiger partial charge in [-0.2, -0.15) is 0 Å². The third-order valence-electron chi connectivity index (χ3n) is 5.30. The van der Waals surface area contributed by atoms with E-state index >= 15 is 0 Å². The number of esters is 1. The van der Waals surface area contributed by atoms with Crippen LogP contribution in [0.25, 0.3) is 0 Å². The second-order valence-corrected chi connectivity index (χ2v) is 7.26. The molecule has 4 rings (SSSR count). The van der Waals surface area contributed by atoms with Crippen LogP contribution in [0.3, 0.4) is 0 Å². The number of imide groups is 1. The molecule has 1 atom stereocenters. The number of amides is 3. The summed E-state index contributed by atoms with van der Waals surface area (Å²) in [5.41, 5.74) is 1.71. The van der Waals surface area contributed by atoms with E-state index in [9.17, 15) is 19.2 Å². The van der Waals surface area contributed by atoms with Gasteiger partial charge in [-0.15, -0.1) is 0 Å². The molecule has 0 fully saturated rings. The lowest BCUT2D eigenvalue weighted by atomic mass is 10.0. The summed E-state index contributed by atoms with van der Waals surface area (Å²) < 4.78 is 4.78. The van der Waals surface area contributed by atoms with Gasteiger partial charge in [-0.3, -0.25) is 19.3 Å². The maximum Gasteiger partial charge on any atom is 0.339 e. The van der Waals surface area contributed by atoms with E-state index in [0.29, 0.717) is 0 Å². The zero-order valence-electron chi connectivity index (χ0n) is 17.3. The molecule has 0 bridgehead atoms. The number of methoxy groups -OCH3 is 1. The van der Waals surface area contributed by atoms with E-state index in [-0.39, 0.29) is 28.8 Å². The molecule has 1 aliphatic heterocycles. The molecule has 0 radical (unpaired) electrons. The number of nitrogens with one attached hydrogen (secondary N) is 1. The highest BCUT2D eigenvalue weighted by atomic mass is 16.5. The maximum absolute atomic E-state index is 13.4. The number of anilines is 1. The molecule has 0 saturated heterocycles. The van der Waals surface area contributed by atoms with E-state index in [1.165, 1.54) is 13.2 Å². The standard InChI is InChI=1S/C25H20N2O5/c1-32-25(31)19-13-7-8-14-20(19)26-22(28)21(15-16-9-3-2-4-10-16)27-23(29)17-11-5-6-12-18(17)24(27)30/h2-14,21H,15H2,1H3,(H,26,28)/t21-/m1/s1. The molecular formula is C25H20N2O5. The Balaban J connectivity index is 1.70. The van der Waals surface area contributed by atoms with Gasteiger partial charge in [0.25, 0.3) is 11.8 Å². The number of carbonyl (C=O) groups excluding carboxylic acids is 4. The molecule has 7 nitrogen and oxygen atoms in total. The van der Waals surface area contributed by atoms with Crippen molar-refractivity contribution in [2.24, 2.45) is 0 Å². The Kier molecular flexibility index (Phi) is 5.81. The Bertz CT molecular complexity index is 1170. The van der Waals surface area contributed by atoms with Crippen LogP contribution in [0.1, 0.15) is 36.6 Å². The second kappa shape index (κ2) is 8.85. The van der Waals surface area contributed by atoms with Gasteiger partial charge in [0, 0.05) is 6.42 Å². The first-order chi connectivity index (χ1) is 15.5. The summed E-state index contributed by atoms with van der Waals surface area (Å²) >= 11 is 0. The summed E-state index contributed by atoms with van der Waals surface area (Å²) in [5.74, 6) is -2.24. The predicted octanol–water partition coefficient (Wildman–Crippen LogP) is 3.32. The molecule has 0 saturated carbocycles. The van der Waals surface area contributed by atoms with Crippen molar-refractivity contribution in [3.63, 3.8) is 0 Å². The van der Waals surface area contributed by atoms with Crippen molar-refractivity contribution < 1.29 is 23.9 Å². The Labute approximate surface area is 184 Å². The maximum atomic E-state index is 13.4. The number of ether oxygens (including phenoxy) is 1. The molecule has 32 heavy (non-hydrogen) atoms. The second-order valence-electron chi connectivity index (χ2n) is 7.26. The number of para-hydroxylation sites is 1. The van der Waals surface area contributed by atoms with Gasteiger partial charge in [0.15, 0.2) is 0 Å². The van der Waals surface area contributed by atoms with Crippen LogP contribution in [-0.4, -0.2) is 41.7 Å². The highest BCUT2D eigenvalue weighted by molar-refractivity contribution is 6.23. The minimum absolute atomic E-state index is 0.124. The monoisotopic (exact) mass is 428 g/mol. The lowest BCUT2D eigenvalue weighted by molar-refractivity contribution is -0.119. The van der Waals surface area contributed by atoms with Crippen LogP contribution in [0.4, 0.5) is 5.69 Å². The van der Waals surface area contributed by atoms with E-state index in [0.717, 1.165) is 10.5 Å². The lowest BCUT2D eigenvalue weighted by Crippen LogP contribution is -2.48. The number of rotatable bonds is 6. The van der Waals surface area contributed by atoms with Crippen molar-refractivity contribution in [1.82, 2.24) is 4.90 Å². The summed E-state index contributed by atoms with van der Waals surface area (Å²) in [7, 11) is 1.25. The molecule has 1 N–H and O–H groups in total. The van der Waals surface area contributed by atoms with Gasteiger partial charge < -0.3 is 10.1 Å². The Hall–Kier alpha value is -4.26. The van der Waals surface area contributed by atoms with Crippen molar-refractivity contribution >= 4 is 29.4 Å². The zero-order valence-corrected chi connectivity index (χ0v) is 17.3. The summed E-state index contributed by atoms with van der Waals surface area (Å²) in [5, 5.41) is 2.70. The van der Waals surface area contributed by atoms with E-state index in [2.05, 4.69) is 5.32 Å². The Morgan fingerprint density at radius 1 is 0.844 bits per heavy atom. The quantitative estimate of drug-likeness (QED) is 0.480. The largest absolute Gasteiger partial charge is 0.465 e. The third-order valence-corrected chi connectivity index (χ3v) is 5.30. The number of hydrogen-bond acceptors (Lipinski definition) is 5. The molecule has 3 aromatic carbocycles. The molecule has 1 heterocycles. The third kappa shape index (κ3) is 3.88. The average Bonchev–Trinajstić information content (AvgIpc) is 3.08. The molecule has 0 unspecified atom stereocenters. The first-order valence-corrected chi connectivity index (χ1v) is 10.0. The fraction of sp³-hybridized carbons (Fsp3) is 0.120. The molecule has 3 aromatic rings. The molecule has 0 aliphatic carbocycles. The van der Waals surface area contributed by atoms with Crippen LogP contribution < -0.4 is 5.32 Å². The number of fused-ring (bicyclic) bond motifs is 1. The van der Waals surface area contributed by atoms with Crippen molar-refractivity contribution in [1.29, 1.82) is 0 Å². The van der Waals surface area contributed by atoms with Crippen LogP contribution in [0.2, 0.25) is 0 Å². The minimum Gasteiger partial charge on any atom is -0.465 e. The lowest BCUT2D eigenvalue weighted by Gasteiger charge is -2.26. The van der Waals surface area contributed by atoms with Gasteiger partial charge in [0.2, 0.25) is 5.91 Å². The Morgan fingerprint density at radius 3 is 2.03 bits per heavy atom. The number of hydrogen-bond donors (Lipinski definition) is 1. The first kappa shape index (κ1) is 21.0. The van der Waals surface area contributed by atoms with Crippen LogP contribution in [0.5, 0.6) is 0 Å². The summed E-state index contributed by atoms with van der Waals surface area (Å²) in [6.07, 6.45) is 0.124. The number of carbonyl (C=O) groups is 4. The SMILES string of the molecule is COC(=O)c1ccccc1NC(=O)[C@@H](Cc1ccccc1)N1C(=O)c2ccccc2C1=O. The smallest absolute Gasteiger partial charge is 0.339 e. The topological polar surface area (TPSA) is 92.8 Å². The number of benzene rings is 3. The summed E-state index contributed by atoms with van der Waals surface area (Å²) in [4.78, 5) is 52.6. The highest BCUT2D eigenvalue weighted by Crippen LogP contribution is 2.27. The molecule has 7 heteroatoms. The molecule has 1 aliphatic rings. The highest BCUT2D eigenvalue weighted by Gasteiger charge is 2.42. The fourth-order valence-corrected chi connectivity index (χ4v) is 3.73. The minimum atomic E-state index is -1.12. The van der Waals surface area contributed by atoms with Gasteiger partial charge >= 0.3 is 5.97 Å². The summed E-state index contributed by atoms with van der Waals surface area (Å²) in [6.45, 7) is 0. The first-order valence-electron chi connectivity index (χ1n) is 10.0. The van der Waals surface area contributed by atoms with E-state index in [4.69, 9.17) is 4.74 Å². The van der Waals surface area contributed by atoms with Crippen molar-refractivity contribution in [3.8, 4) is 0 Å². The van der Waals surface area contributed by atoms with Gasteiger partial charge in [-0.05, 0) is 29.8 Å². The van der Waals surface area contributed by atoms with Crippen molar-refractivity contribution in [2.45, 2.75) is 12.5 Å². The van der Waals surface area contributed by atoms with Gasteiger partial charge in [0.05, 0.1) is 29.5 Å². The molecule has 3 amide bonds. The van der Waals surface area contributed by atoms with Crippen LogP contribution in [0.15, 0.2) is 78.9 Å². The fourth-order valence-electron chi connectivity index (χ4n) is 3.73. The van der Waals surface area contributed by atoms with Crippen LogP contribution in [-0.2, 0) is 16.0 Å². The molecule has 0 spiro atoms. The number of nitrogens with zero attached hydrogens (tertiary/aromatic N) is 1. The van der Waals surface area contributed by atoms with Crippen molar-refractivity contribution in [3.05, 3.63) is 101 Å². The predicted molar refractivity (Wildman–Crippen MR) is 117 cm³/mol. The van der Waals surface area contributed by atoms with Gasteiger partial charge in [-0.1, -0.05) is 54.6 Å². The van der Waals surface area contributed by atoms with Crippen LogP contribution in [0, 0.1) is 0 Å². The van der Waals surface area contributed by atoms with Gasteiger partial charge in [0.1, 0.15) is 6.04 Å².